The van der Waals surface area contributed by atoms with Gasteiger partial charge >= 0.3 is 5.97 Å². The highest BCUT2D eigenvalue weighted by molar-refractivity contribution is 5.85. The maximum Gasteiger partial charge on any atom is 0.323 e. The molecule has 5 nitrogen and oxygen atoms in total. The van der Waals surface area contributed by atoms with Gasteiger partial charge in [-0.05, 0) is 49.9 Å². The van der Waals surface area contributed by atoms with Crippen molar-refractivity contribution in [3.05, 3.63) is 36.0 Å². The number of esters is 1. The Morgan fingerprint density at radius 3 is 2.92 bits per heavy atom. The zero-order valence-electron chi connectivity index (χ0n) is 14.3. The highest BCUT2D eigenvalue weighted by atomic mass is 16.5. The molecular formula is C19H27N3O2. The molecule has 0 unspecified atom stereocenters. The Morgan fingerprint density at radius 1 is 1.38 bits per heavy atom. The van der Waals surface area contributed by atoms with Gasteiger partial charge in [-0.15, -0.1) is 0 Å². The van der Waals surface area contributed by atoms with Crippen LogP contribution in [0.15, 0.2) is 30.5 Å². The van der Waals surface area contributed by atoms with Crippen LogP contribution in [-0.2, 0) is 23.0 Å². The molecule has 1 aliphatic heterocycles. The Balaban J connectivity index is 1.51. The fourth-order valence-corrected chi connectivity index (χ4v) is 3.51. The largest absolute Gasteiger partial charge is 0.465 e. The number of piperidine rings is 1. The van der Waals surface area contributed by atoms with Crippen LogP contribution < -0.4 is 11.1 Å². The molecule has 0 spiro atoms. The molecule has 0 aliphatic carbocycles. The molecule has 3 rings (SSSR count). The van der Waals surface area contributed by atoms with Crippen molar-refractivity contribution in [1.82, 2.24) is 9.88 Å². The zero-order chi connectivity index (χ0) is 16.9. The molecule has 1 atom stereocenters. The minimum Gasteiger partial charge on any atom is -0.465 e. The molecule has 1 aromatic heterocycles. The van der Waals surface area contributed by atoms with E-state index in [1.54, 1.807) is 0 Å². The molecule has 0 radical (unpaired) electrons. The van der Waals surface area contributed by atoms with Crippen molar-refractivity contribution in [1.29, 1.82) is 0 Å². The first kappa shape index (κ1) is 17.0. The smallest absolute Gasteiger partial charge is 0.323 e. The van der Waals surface area contributed by atoms with E-state index in [2.05, 4.69) is 22.0 Å². The molecule has 0 bridgehead atoms. The summed E-state index contributed by atoms with van der Waals surface area (Å²) < 4.78 is 7.48. The summed E-state index contributed by atoms with van der Waals surface area (Å²) in [6.07, 6.45) is 5.83. The second-order valence-electron chi connectivity index (χ2n) is 6.74. The van der Waals surface area contributed by atoms with Crippen LogP contribution in [0.4, 0.5) is 0 Å². The molecule has 24 heavy (non-hydrogen) atoms. The van der Waals surface area contributed by atoms with Gasteiger partial charge in [0.2, 0.25) is 0 Å². The fourth-order valence-electron chi connectivity index (χ4n) is 3.51. The van der Waals surface area contributed by atoms with Crippen molar-refractivity contribution in [3.8, 4) is 0 Å². The Kier molecular flexibility index (Phi) is 5.53. The third-order valence-electron chi connectivity index (χ3n) is 4.95. The van der Waals surface area contributed by atoms with E-state index in [4.69, 9.17) is 10.5 Å². The molecule has 0 saturated carbocycles. The lowest BCUT2D eigenvalue weighted by molar-refractivity contribution is -0.145. The second kappa shape index (κ2) is 7.81. The first-order valence-electron chi connectivity index (χ1n) is 8.81. The first-order valence-corrected chi connectivity index (χ1v) is 8.81. The molecule has 5 heteroatoms. The predicted octanol–water partition coefficient (Wildman–Crippen LogP) is 1.98. The molecule has 1 fully saturated rings. The number of aromatic nitrogens is 1. The van der Waals surface area contributed by atoms with Crippen LogP contribution in [0.1, 0.15) is 24.8 Å². The number of rotatable bonds is 6. The van der Waals surface area contributed by atoms with E-state index in [1.807, 2.05) is 25.4 Å². The van der Waals surface area contributed by atoms with Gasteiger partial charge in [-0.2, -0.15) is 0 Å². The van der Waals surface area contributed by atoms with Gasteiger partial charge in [0.15, 0.2) is 0 Å². The maximum atomic E-state index is 12.2. The standard InChI is InChI=1S/C19H27N3O2/c1-22-13-15(16-4-2-3-5-18(16)22)12-17(20)19(23)24-11-8-14-6-9-21-10-7-14/h2-5,13-14,17,21H,6-12,20H2,1H3/t17-/m1/s1. The SMILES string of the molecule is Cn1cc(C[C@@H](N)C(=O)OCCC2CCNCC2)c2ccccc21. The number of carbonyl (C=O) groups excluding carboxylic acids is 1. The average Bonchev–Trinajstić information content (AvgIpc) is 2.92. The summed E-state index contributed by atoms with van der Waals surface area (Å²) in [5, 5.41) is 4.50. The van der Waals surface area contributed by atoms with Gasteiger partial charge in [0.1, 0.15) is 6.04 Å². The maximum absolute atomic E-state index is 12.2. The van der Waals surface area contributed by atoms with E-state index in [1.165, 1.54) is 12.8 Å². The molecule has 1 aliphatic rings. The second-order valence-corrected chi connectivity index (χ2v) is 6.74. The number of hydrogen-bond acceptors (Lipinski definition) is 4. The Labute approximate surface area is 143 Å². The van der Waals surface area contributed by atoms with Gasteiger partial charge in [-0.1, -0.05) is 18.2 Å². The molecule has 130 valence electrons. The van der Waals surface area contributed by atoms with E-state index >= 15 is 0 Å². The van der Waals surface area contributed by atoms with Crippen LogP contribution in [-0.4, -0.2) is 36.3 Å². The lowest BCUT2D eigenvalue weighted by Gasteiger charge is -2.22. The van der Waals surface area contributed by atoms with Gasteiger partial charge in [0, 0.05) is 30.6 Å². The monoisotopic (exact) mass is 329 g/mol. The number of carbonyl (C=O) groups is 1. The van der Waals surface area contributed by atoms with E-state index in [9.17, 15) is 4.79 Å². The number of aryl methyl sites for hydroxylation is 1. The van der Waals surface area contributed by atoms with Crippen LogP contribution in [0.3, 0.4) is 0 Å². The number of hydrogen-bond donors (Lipinski definition) is 2. The van der Waals surface area contributed by atoms with Crippen LogP contribution in [0.25, 0.3) is 10.9 Å². The van der Waals surface area contributed by atoms with E-state index < -0.39 is 6.04 Å². The minimum atomic E-state index is -0.608. The zero-order valence-corrected chi connectivity index (χ0v) is 14.3. The van der Waals surface area contributed by atoms with Crippen molar-refractivity contribution in [2.24, 2.45) is 18.7 Å². The third-order valence-corrected chi connectivity index (χ3v) is 4.95. The van der Waals surface area contributed by atoms with Gasteiger partial charge in [0.25, 0.3) is 0 Å². The summed E-state index contributed by atoms with van der Waals surface area (Å²) in [4.78, 5) is 12.2. The molecule has 0 amide bonds. The summed E-state index contributed by atoms with van der Waals surface area (Å²) in [7, 11) is 2.01. The van der Waals surface area contributed by atoms with Crippen molar-refractivity contribution in [2.45, 2.75) is 31.7 Å². The van der Waals surface area contributed by atoms with Crippen LogP contribution in [0.5, 0.6) is 0 Å². The summed E-state index contributed by atoms with van der Waals surface area (Å²) in [6, 6.07) is 7.56. The molecule has 2 heterocycles. The predicted molar refractivity (Wildman–Crippen MR) is 95.8 cm³/mol. The van der Waals surface area contributed by atoms with Crippen LogP contribution in [0, 0.1) is 5.92 Å². The van der Waals surface area contributed by atoms with Crippen molar-refractivity contribution < 1.29 is 9.53 Å². The first-order chi connectivity index (χ1) is 11.6. The Morgan fingerprint density at radius 2 is 2.12 bits per heavy atom. The van der Waals surface area contributed by atoms with E-state index in [0.717, 1.165) is 36.0 Å². The summed E-state index contributed by atoms with van der Waals surface area (Å²) in [5.74, 6) is 0.366. The number of nitrogens with two attached hydrogens (primary N) is 1. The van der Waals surface area contributed by atoms with E-state index in [-0.39, 0.29) is 5.97 Å². The molecule has 1 saturated heterocycles. The topological polar surface area (TPSA) is 69.3 Å². The highest BCUT2D eigenvalue weighted by Gasteiger charge is 2.19. The number of fused-ring (bicyclic) bond motifs is 1. The molecule has 3 N–H and O–H groups in total. The number of benzene rings is 1. The molecular weight excluding hydrogens is 302 g/mol. The highest BCUT2D eigenvalue weighted by Crippen LogP contribution is 2.21. The normalized spacial score (nSPS) is 17.1. The van der Waals surface area contributed by atoms with Gasteiger partial charge in [0.05, 0.1) is 6.61 Å². The lowest BCUT2D eigenvalue weighted by Crippen LogP contribution is -2.35. The van der Waals surface area contributed by atoms with Crippen LogP contribution in [0.2, 0.25) is 0 Å². The quantitative estimate of drug-likeness (QED) is 0.795. The number of nitrogens with zero attached hydrogens (tertiary/aromatic N) is 1. The molecule has 1 aromatic carbocycles. The summed E-state index contributed by atoms with van der Waals surface area (Å²) in [5.41, 5.74) is 8.32. The third kappa shape index (κ3) is 3.97. The number of para-hydroxylation sites is 1. The molecule has 2 aromatic rings. The van der Waals surface area contributed by atoms with Crippen molar-refractivity contribution >= 4 is 16.9 Å². The fraction of sp³-hybridized carbons (Fsp3) is 0.526. The average molecular weight is 329 g/mol. The van der Waals surface area contributed by atoms with E-state index in [0.29, 0.717) is 18.9 Å². The number of nitrogens with one attached hydrogen (secondary N) is 1. The minimum absolute atomic E-state index is 0.295. The van der Waals surface area contributed by atoms with Crippen molar-refractivity contribution in [3.63, 3.8) is 0 Å². The van der Waals surface area contributed by atoms with Gasteiger partial charge in [-0.3, -0.25) is 4.79 Å². The Hall–Kier alpha value is -1.85. The lowest BCUT2D eigenvalue weighted by atomic mass is 9.95. The van der Waals surface area contributed by atoms with Crippen molar-refractivity contribution in [2.75, 3.05) is 19.7 Å². The summed E-state index contributed by atoms with van der Waals surface area (Å²) >= 11 is 0. The van der Waals surface area contributed by atoms with Crippen LogP contribution >= 0.6 is 0 Å². The van der Waals surface area contributed by atoms with Gasteiger partial charge in [-0.25, -0.2) is 0 Å². The van der Waals surface area contributed by atoms with Gasteiger partial charge < -0.3 is 20.4 Å². The number of ether oxygens (including phenoxy) is 1. The summed E-state index contributed by atoms with van der Waals surface area (Å²) in [6.45, 7) is 2.62. The Bertz CT molecular complexity index is 689.